The van der Waals surface area contributed by atoms with Gasteiger partial charge in [0.05, 0.1) is 6.20 Å². The number of nitrogens with one attached hydrogen (secondary N) is 2. The van der Waals surface area contributed by atoms with Crippen LogP contribution in [0.5, 0.6) is 0 Å². The molecule has 12 heavy (non-hydrogen) atoms. The molecule has 1 heterocycles. The average molecular weight is 181 g/mol. The van der Waals surface area contributed by atoms with Crippen molar-refractivity contribution in [3.8, 4) is 0 Å². The average Bonchev–Trinajstić information content (AvgIpc) is 2.06. The lowest BCUT2D eigenvalue weighted by atomic mass is 10.4. The minimum atomic E-state index is -1.58. The van der Waals surface area contributed by atoms with Crippen LogP contribution in [0.2, 0.25) is 0 Å². The zero-order chi connectivity index (χ0) is 9.14. The maximum atomic E-state index is 12.5. The lowest BCUT2D eigenvalue weighted by Gasteiger charge is -2.03. The Morgan fingerprint density at radius 1 is 1.25 bits per heavy atom. The van der Waals surface area contributed by atoms with Gasteiger partial charge in [-0.15, -0.1) is 4.48 Å². The number of nitrogens with zero attached hydrogens (tertiary/aromatic N) is 1. The van der Waals surface area contributed by atoms with Gasteiger partial charge >= 0.3 is 0 Å². The first-order valence-corrected chi connectivity index (χ1v) is 2.78. The maximum absolute atomic E-state index is 12.5. The molecule has 0 aliphatic carbocycles. The van der Waals surface area contributed by atoms with E-state index in [0.29, 0.717) is 6.20 Å². The smallest absolute Gasteiger partial charge is 0.251 e. The molecule has 0 bridgehead atoms. The molecule has 7 heteroatoms. The molecule has 2 N–H and O–H groups in total. The quantitative estimate of drug-likeness (QED) is 0.312. The van der Waals surface area contributed by atoms with Crippen molar-refractivity contribution >= 4 is 5.69 Å². The molecule has 0 saturated heterocycles. The van der Waals surface area contributed by atoms with Crippen molar-refractivity contribution in [2.24, 2.45) is 0 Å². The highest BCUT2D eigenvalue weighted by atomic mass is 19.2. The molecule has 0 spiro atoms. The lowest BCUT2D eigenvalue weighted by Crippen LogP contribution is -2.14. The van der Waals surface area contributed by atoms with Crippen LogP contribution in [0.1, 0.15) is 0 Å². The maximum Gasteiger partial charge on any atom is 0.251 e. The van der Waals surface area contributed by atoms with Crippen LogP contribution >= 0.6 is 0 Å². The highest BCUT2D eigenvalue weighted by Gasteiger charge is 2.14. The summed E-state index contributed by atoms with van der Waals surface area (Å²) < 4.78 is 48.6. The zero-order valence-corrected chi connectivity index (χ0v) is 5.54. The third kappa shape index (κ3) is 1.45. The van der Waals surface area contributed by atoms with E-state index >= 15 is 0 Å². The standard InChI is InChI=1S/C5H3F4N3/c6-2-1-10-5(8)3(7)4(2)11-12-9/h1,12H,(H,10,11). The van der Waals surface area contributed by atoms with Gasteiger partial charge in [-0.2, -0.15) is 8.78 Å². The van der Waals surface area contributed by atoms with Crippen molar-refractivity contribution in [2.75, 3.05) is 5.43 Å². The van der Waals surface area contributed by atoms with Crippen molar-refractivity contribution in [1.82, 2.24) is 10.6 Å². The van der Waals surface area contributed by atoms with E-state index in [1.54, 1.807) is 0 Å². The summed E-state index contributed by atoms with van der Waals surface area (Å²) in [6.07, 6.45) is 0.429. The van der Waals surface area contributed by atoms with Gasteiger partial charge in [0, 0.05) is 0 Å². The Kier molecular flexibility index (Phi) is 2.44. The molecule has 0 fully saturated rings. The molecule has 0 aliphatic rings. The molecule has 1 rings (SSSR count). The molecule has 3 nitrogen and oxygen atoms in total. The summed E-state index contributed by atoms with van der Waals surface area (Å²) in [6, 6.07) is 0. The van der Waals surface area contributed by atoms with Gasteiger partial charge in [0.1, 0.15) is 5.69 Å². The summed E-state index contributed by atoms with van der Waals surface area (Å²) in [5.41, 5.74) is 1.25. The molecule has 0 unspecified atom stereocenters. The fraction of sp³-hybridized carbons (Fsp3) is 0. The molecule has 1 aromatic heterocycles. The molecule has 0 radical (unpaired) electrons. The Balaban J connectivity index is 3.14. The summed E-state index contributed by atoms with van der Waals surface area (Å²) in [4.78, 5) is 2.71. The third-order valence-electron chi connectivity index (χ3n) is 1.10. The van der Waals surface area contributed by atoms with Gasteiger partial charge in [0.2, 0.25) is 5.82 Å². The highest BCUT2D eigenvalue weighted by Crippen LogP contribution is 2.17. The Bertz CT molecular complexity index is 290. The van der Waals surface area contributed by atoms with Crippen LogP contribution in [-0.4, -0.2) is 4.98 Å². The topological polar surface area (TPSA) is 37.0 Å². The number of rotatable bonds is 2. The lowest BCUT2D eigenvalue weighted by molar-refractivity contribution is 0.369. The second-order valence-corrected chi connectivity index (χ2v) is 1.81. The van der Waals surface area contributed by atoms with E-state index in [-0.39, 0.29) is 0 Å². The Morgan fingerprint density at radius 2 is 1.92 bits per heavy atom. The SMILES string of the molecule is FNNc1c(F)cnc(F)c1F. The van der Waals surface area contributed by atoms with Crippen LogP contribution in [0, 0.1) is 17.6 Å². The molecular weight excluding hydrogens is 178 g/mol. The number of pyridine rings is 1. The van der Waals surface area contributed by atoms with Crippen molar-refractivity contribution in [1.29, 1.82) is 0 Å². The summed E-state index contributed by atoms with van der Waals surface area (Å²) in [7, 11) is 0. The number of hydrogen-bond donors (Lipinski definition) is 2. The molecule has 0 aromatic carbocycles. The van der Waals surface area contributed by atoms with E-state index < -0.39 is 23.3 Å². The van der Waals surface area contributed by atoms with Gasteiger partial charge in [0.15, 0.2) is 5.82 Å². The number of hydrazine groups is 1. The summed E-state index contributed by atoms with van der Waals surface area (Å²) in [6.45, 7) is 0. The van der Waals surface area contributed by atoms with Crippen LogP contribution in [0.3, 0.4) is 0 Å². The zero-order valence-electron chi connectivity index (χ0n) is 5.54. The van der Waals surface area contributed by atoms with Crippen molar-refractivity contribution in [3.05, 3.63) is 23.8 Å². The summed E-state index contributed by atoms with van der Waals surface area (Å²) in [5.74, 6) is -4.28. The van der Waals surface area contributed by atoms with E-state index in [1.807, 2.05) is 0 Å². The summed E-state index contributed by atoms with van der Waals surface area (Å²) >= 11 is 0. The predicted octanol–water partition coefficient (Wildman–Crippen LogP) is 1.30. The molecule has 1 aromatic rings. The van der Waals surface area contributed by atoms with Gasteiger partial charge < -0.3 is 0 Å². The molecule has 0 amide bonds. The highest BCUT2D eigenvalue weighted by molar-refractivity contribution is 5.43. The first kappa shape index (κ1) is 8.72. The molecular formula is C5H3F4N3. The number of hydrogen-bond acceptors (Lipinski definition) is 3. The van der Waals surface area contributed by atoms with Crippen LogP contribution in [0.4, 0.5) is 23.3 Å². The van der Waals surface area contributed by atoms with Crippen LogP contribution < -0.4 is 11.1 Å². The Labute approximate surface area is 64.3 Å². The van der Waals surface area contributed by atoms with Crippen LogP contribution in [0.25, 0.3) is 0 Å². The van der Waals surface area contributed by atoms with Gasteiger partial charge in [-0.1, -0.05) is 5.65 Å². The van der Waals surface area contributed by atoms with Gasteiger partial charge in [-0.25, -0.2) is 9.37 Å². The van der Waals surface area contributed by atoms with E-state index in [4.69, 9.17) is 0 Å². The monoisotopic (exact) mass is 181 g/mol. The fourth-order valence-electron chi connectivity index (χ4n) is 0.604. The fourth-order valence-corrected chi connectivity index (χ4v) is 0.604. The van der Waals surface area contributed by atoms with E-state index in [2.05, 4.69) is 4.98 Å². The van der Waals surface area contributed by atoms with Gasteiger partial charge in [-0.3, -0.25) is 5.43 Å². The minimum Gasteiger partial charge on any atom is -0.289 e. The largest absolute Gasteiger partial charge is 0.289 e. The molecule has 0 saturated carbocycles. The minimum absolute atomic E-state index is 0.429. The van der Waals surface area contributed by atoms with E-state index in [9.17, 15) is 17.7 Å². The normalized spacial score (nSPS) is 10.0. The van der Waals surface area contributed by atoms with Crippen molar-refractivity contribution < 1.29 is 17.7 Å². The molecule has 66 valence electrons. The number of anilines is 1. The third-order valence-corrected chi connectivity index (χ3v) is 1.10. The number of aromatic nitrogens is 1. The van der Waals surface area contributed by atoms with Crippen molar-refractivity contribution in [3.63, 3.8) is 0 Å². The van der Waals surface area contributed by atoms with Crippen LogP contribution in [-0.2, 0) is 0 Å². The van der Waals surface area contributed by atoms with Gasteiger partial charge in [-0.05, 0) is 0 Å². The second kappa shape index (κ2) is 3.35. The first-order chi connectivity index (χ1) is 5.66. The second-order valence-electron chi connectivity index (χ2n) is 1.81. The Morgan fingerprint density at radius 3 is 2.50 bits per heavy atom. The van der Waals surface area contributed by atoms with Crippen molar-refractivity contribution in [2.45, 2.75) is 0 Å². The first-order valence-electron chi connectivity index (χ1n) is 2.78. The predicted molar refractivity (Wildman–Crippen MR) is 32.0 cm³/mol. The van der Waals surface area contributed by atoms with Gasteiger partial charge in [0.25, 0.3) is 5.95 Å². The Hall–Kier alpha value is -1.37. The number of halogens is 4. The van der Waals surface area contributed by atoms with Crippen LogP contribution in [0.15, 0.2) is 6.20 Å². The molecule has 0 atom stereocenters. The van der Waals surface area contributed by atoms with E-state index in [0.717, 1.165) is 5.65 Å². The van der Waals surface area contributed by atoms with E-state index in [1.165, 1.54) is 5.43 Å². The summed E-state index contributed by atoms with van der Waals surface area (Å²) in [5, 5.41) is 0. The molecule has 0 aliphatic heterocycles.